The van der Waals surface area contributed by atoms with Crippen molar-refractivity contribution in [3.05, 3.63) is 23.9 Å². The summed E-state index contributed by atoms with van der Waals surface area (Å²) in [6, 6.07) is 5.47. The molecule has 2 saturated heterocycles. The van der Waals surface area contributed by atoms with Crippen LogP contribution in [0.15, 0.2) is 18.3 Å². The van der Waals surface area contributed by atoms with Crippen molar-refractivity contribution in [3.8, 4) is 6.07 Å². The molecular formula is C14H19N5O3S. The van der Waals surface area contributed by atoms with Crippen LogP contribution in [0.5, 0.6) is 0 Å². The SMILES string of the molecule is N#Cc1ccnc(N2CCN(S(=O)(=O)N3CCOCC3)CC2)c1. The normalized spacial score (nSPS) is 21.1. The summed E-state index contributed by atoms with van der Waals surface area (Å²) < 4.78 is 33.4. The van der Waals surface area contributed by atoms with Gasteiger partial charge in [0.1, 0.15) is 5.82 Å². The third-order valence-corrected chi connectivity index (χ3v) is 6.10. The Hall–Kier alpha value is -1.73. The Kier molecular flexibility index (Phi) is 4.77. The molecule has 124 valence electrons. The van der Waals surface area contributed by atoms with Crippen molar-refractivity contribution in [3.63, 3.8) is 0 Å². The van der Waals surface area contributed by atoms with E-state index in [0.29, 0.717) is 63.9 Å². The number of nitrogens with zero attached hydrogens (tertiary/aromatic N) is 5. The zero-order valence-electron chi connectivity index (χ0n) is 12.8. The van der Waals surface area contributed by atoms with Crippen LogP contribution in [0.1, 0.15) is 5.56 Å². The highest BCUT2D eigenvalue weighted by atomic mass is 32.2. The number of rotatable bonds is 3. The molecule has 0 N–H and O–H groups in total. The highest BCUT2D eigenvalue weighted by Crippen LogP contribution is 2.18. The molecule has 2 aliphatic heterocycles. The molecule has 23 heavy (non-hydrogen) atoms. The van der Waals surface area contributed by atoms with Crippen LogP contribution in [0.2, 0.25) is 0 Å². The maximum Gasteiger partial charge on any atom is 0.282 e. The first-order chi connectivity index (χ1) is 11.1. The highest BCUT2D eigenvalue weighted by Gasteiger charge is 2.33. The van der Waals surface area contributed by atoms with E-state index in [4.69, 9.17) is 10.00 Å². The summed E-state index contributed by atoms with van der Waals surface area (Å²) >= 11 is 0. The van der Waals surface area contributed by atoms with E-state index >= 15 is 0 Å². The van der Waals surface area contributed by atoms with E-state index in [1.54, 1.807) is 18.3 Å². The third-order valence-electron chi connectivity index (χ3n) is 4.06. The summed E-state index contributed by atoms with van der Waals surface area (Å²) in [7, 11) is -3.42. The second-order valence-electron chi connectivity index (χ2n) is 5.42. The van der Waals surface area contributed by atoms with Crippen LogP contribution in [0.25, 0.3) is 0 Å². The average molecular weight is 337 g/mol. The Balaban J connectivity index is 1.65. The maximum atomic E-state index is 12.6. The number of piperazine rings is 1. The molecular weight excluding hydrogens is 318 g/mol. The first-order valence-electron chi connectivity index (χ1n) is 7.55. The molecule has 2 fully saturated rings. The van der Waals surface area contributed by atoms with E-state index in [1.807, 2.05) is 4.90 Å². The summed E-state index contributed by atoms with van der Waals surface area (Å²) in [5.41, 5.74) is 0.554. The number of nitriles is 1. The van der Waals surface area contributed by atoms with E-state index in [-0.39, 0.29) is 0 Å². The van der Waals surface area contributed by atoms with Gasteiger partial charge in [0.2, 0.25) is 0 Å². The van der Waals surface area contributed by atoms with Crippen molar-refractivity contribution in [1.82, 2.24) is 13.6 Å². The van der Waals surface area contributed by atoms with Gasteiger partial charge in [0.15, 0.2) is 0 Å². The smallest absolute Gasteiger partial charge is 0.282 e. The standard InChI is InChI=1S/C14H19N5O3S/c15-12-13-1-2-16-14(11-13)17-3-5-18(6-4-17)23(20,21)19-7-9-22-10-8-19/h1-2,11H,3-10H2. The van der Waals surface area contributed by atoms with Crippen LogP contribution in [0.4, 0.5) is 5.82 Å². The molecule has 0 aromatic carbocycles. The van der Waals surface area contributed by atoms with E-state index in [0.717, 1.165) is 0 Å². The minimum Gasteiger partial charge on any atom is -0.379 e. The summed E-state index contributed by atoms with van der Waals surface area (Å²) in [4.78, 5) is 6.27. The Bertz CT molecular complexity index is 689. The topological polar surface area (TPSA) is 89.8 Å². The van der Waals surface area contributed by atoms with E-state index in [9.17, 15) is 8.42 Å². The van der Waals surface area contributed by atoms with Gasteiger partial charge in [-0.05, 0) is 12.1 Å². The molecule has 1 aromatic heterocycles. The van der Waals surface area contributed by atoms with Gasteiger partial charge >= 0.3 is 0 Å². The summed E-state index contributed by atoms with van der Waals surface area (Å²) in [5, 5.41) is 8.95. The van der Waals surface area contributed by atoms with E-state index in [2.05, 4.69) is 11.1 Å². The minimum atomic E-state index is -3.42. The fourth-order valence-electron chi connectivity index (χ4n) is 2.75. The molecule has 2 aliphatic rings. The average Bonchev–Trinajstić information content (AvgIpc) is 2.62. The largest absolute Gasteiger partial charge is 0.379 e. The summed E-state index contributed by atoms with van der Waals surface area (Å²) in [6.45, 7) is 3.67. The molecule has 3 rings (SSSR count). The lowest BCUT2D eigenvalue weighted by molar-refractivity contribution is 0.0700. The predicted molar refractivity (Wildman–Crippen MR) is 84.0 cm³/mol. The number of morpholine rings is 1. The first-order valence-corrected chi connectivity index (χ1v) is 8.95. The number of pyridine rings is 1. The van der Waals surface area contributed by atoms with Gasteiger partial charge in [-0.1, -0.05) is 0 Å². The number of ether oxygens (including phenoxy) is 1. The monoisotopic (exact) mass is 337 g/mol. The number of hydrogen-bond acceptors (Lipinski definition) is 6. The molecule has 0 radical (unpaired) electrons. The van der Waals surface area contributed by atoms with Crippen molar-refractivity contribution < 1.29 is 13.2 Å². The van der Waals surface area contributed by atoms with Crippen molar-refractivity contribution in [1.29, 1.82) is 5.26 Å². The van der Waals surface area contributed by atoms with E-state index in [1.165, 1.54) is 8.61 Å². The second kappa shape index (κ2) is 6.80. The van der Waals surface area contributed by atoms with Gasteiger partial charge in [-0.25, -0.2) is 4.98 Å². The molecule has 0 aliphatic carbocycles. The van der Waals surface area contributed by atoms with Crippen LogP contribution in [-0.2, 0) is 14.9 Å². The number of hydrogen-bond donors (Lipinski definition) is 0. The number of aromatic nitrogens is 1. The molecule has 0 atom stereocenters. The van der Waals surface area contributed by atoms with Crippen molar-refractivity contribution in [2.24, 2.45) is 0 Å². The lowest BCUT2D eigenvalue weighted by atomic mass is 10.2. The number of anilines is 1. The van der Waals surface area contributed by atoms with Crippen LogP contribution < -0.4 is 4.90 Å². The Morgan fingerprint density at radius 1 is 1.09 bits per heavy atom. The van der Waals surface area contributed by atoms with Crippen molar-refractivity contribution in [2.45, 2.75) is 0 Å². The fraction of sp³-hybridized carbons (Fsp3) is 0.571. The van der Waals surface area contributed by atoms with Gasteiger partial charge < -0.3 is 9.64 Å². The van der Waals surface area contributed by atoms with Gasteiger partial charge in [-0.3, -0.25) is 0 Å². The van der Waals surface area contributed by atoms with Crippen LogP contribution in [0.3, 0.4) is 0 Å². The zero-order valence-corrected chi connectivity index (χ0v) is 13.6. The van der Waals surface area contributed by atoms with Gasteiger partial charge in [-0.2, -0.15) is 22.3 Å². The summed E-state index contributed by atoms with van der Waals surface area (Å²) in [6.07, 6.45) is 1.60. The Morgan fingerprint density at radius 3 is 2.39 bits per heavy atom. The molecule has 3 heterocycles. The Morgan fingerprint density at radius 2 is 1.74 bits per heavy atom. The molecule has 0 saturated carbocycles. The van der Waals surface area contributed by atoms with Crippen LogP contribution in [-0.4, -0.2) is 74.5 Å². The van der Waals surface area contributed by atoms with Gasteiger partial charge in [0.05, 0.1) is 24.8 Å². The van der Waals surface area contributed by atoms with Gasteiger partial charge in [0.25, 0.3) is 10.2 Å². The molecule has 0 bridgehead atoms. The van der Waals surface area contributed by atoms with Crippen molar-refractivity contribution in [2.75, 3.05) is 57.4 Å². The van der Waals surface area contributed by atoms with Crippen LogP contribution in [0, 0.1) is 11.3 Å². The zero-order chi connectivity index (χ0) is 16.3. The first kappa shape index (κ1) is 16.1. The van der Waals surface area contributed by atoms with E-state index < -0.39 is 10.2 Å². The third kappa shape index (κ3) is 3.45. The highest BCUT2D eigenvalue weighted by molar-refractivity contribution is 7.86. The molecule has 0 amide bonds. The molecule has 0 unspecified atom stereocenters. The fourth-order valence-corrected chi connectivity index (χ4v) is 4.31. The van der Waals surface area contributed by atoms with Crippen molar-refractivity contribution >= 4 is 16.0 Å². The van der Waals surface area contributed by atoms with Gasteiger partial charge in [-0.15, -0.1) is 0 Å². The lowest BCUT2D eigenvalue weighted by Gasteiger charge is -2.38. The second-order valence-corrected chi connectivity index (χ2v) is 7.35. The quantitative estimate of drug-likeness (QED) is 0.749. The molecule has 1 aromatic rings. The molecule has 9 heteroatoms. The molecule has 8 nitrogen and oxygen atoms in total. The van der Waals surface area contributed by atoms with Crippen LogP contribution >= 0.6 is 0 Å². The lowest BCUT2D eigenvalue weighted by Crippen LogP contribution is -2.55. The minimum absolute atomic E-state index is 0.411. The van der Waals surface area contributed by atoms with Gasteiger partial charge in [0, 0.05) is 45.5 Å². The summed E-state index contributed by atoms with van der Waals surface area (Å²) in [5.74, 6) is 0.715. The molecule has 0 spiro atoms. The Labute approximate surface area is 136 Å². The predicted octanol–water partition coefficient (Wildman–Crippen LogP) is -0.348. The maximum absolute atomic E-state index is 12.6.